The highest BCUT2D eigenvalue weighted by molar-refractivity contribution is 4.86. The van der Waals surface area contributed by atoms with Crippen LogP contribution in [0.2, 0.25) is 0 Å². The minimum absolute atomic E-state index is 0.162. The van der Waals surface area contributed by atoms with Crippen LogP contribution in [0.1, 0.15) is 13.3 Å². The number of terminal acetylenes is 1. The molecule has 0 aromatic heterocycles. The van der Waals surface area contributed by atoms with Crippen molar-refractivity contribution in [1.82, 2.24) is 0 Å². The second kappa shape index (κ2) is 2.74. The third-order valence-corrected chi connectivity index (χ3v) is 0.440. The molecule has 0 heterocycles. The summed E-state index contributed by atoms with van der Waals surface area (Å²) in [6.45, 7) is 1.89. The van der Waals surface area contributed by atoms with Gasteiger partial charge in [0, 0.05) is 12.5 Å². The first kappa shape index (κ1) is 5.52. The Hall–Kier alpha value is -0.480. The van der Waals surface area contributed by atoms with E-state index in [1.807, 2.05) is 6.92 Å². The van der Waals surface area contributed by atoms with Gasteiger partial charge in [0.1, 0.15) is 0 Å². The van der Waals surface area contributed by atoms with E-state index in [9.17, 15) is 0 Å². The number of rotatable bonds is 1. The van der Waals surface area contributed by atoms with Crippen LogP contribution < -0.4 is 5.73 Å². The van der Waals surface area contributed by atoms with Crippen molar-refractivity contribution in [2.75, 3.05) is 0 Å². The molecule has 1 atom stereocenters. The summed E-state index contributed by atoms with van der Waals surface area (Å²) in [6, 6.07) is 0.162. The summed E-state index contributed by atoms with van der Waals surface area (Å²) in [5, 5.41) is 0. The zero-order valence-electron chi connectivity index (χ0n) is 3.94. The van der Waals surface area contributed by atoms with Gasteiger partial charge in [-0.3, -0.25) is 0 Å². The van der Waals surface area contributed by atoms with E-state index >= 15 is 0 Å². The number of nitrogens with two attached hydrogens (primary N) is 1. The van der Waals surface area contributed by atoms with E-state index in [0.717, 1.165) is 0 Å². The third-order valence-electron chi connectivity index (χ3n) is 0.440. The lowest BCUT2D eigenvalue weighted by Crippen LogP contribution is -2.12. The fourth-order valence-electron chi connectivity index (χ4n) is 0.186. The van der Waals surface area contributed by atoms with E-state index in [2.05, 4.69) is 5.92 Å². The summed E-state index contributed by atoms with van der Waals surface area (Å²) < 4.78 is 0. The lowest BCUT2D eigenvalue weighted by Gasteiger charge is -1.91. The number of hydrogen-bond donors (Lipinski definition) is 1. The Balaban J connectivity index is 2.88. The normalized spacial score (nSPS) is 12.8. The maximum absolute atomic E-state index is 5.26. The Morgan fingerprint density at radius 1 is 2.00 bits per heavy atom. The first-order valence-corrected chi connectivity index (χ1v) is 1.96. The molecule has 0 aliphatic carbocycles. The summed E-state index contributed by atoms with van der Waals surface area (Å²) in [7, 11) is 0. The Labute approximate surface area is 38.5 Å². The van der Waals surface area contributed by atoms with Crippen LogP contribution in [-0.2, 0) is 0 Å². The van der Waals surface area contributed by atoms with Gasteiger partial charge in [-0.25, -0.2) is 0 Å². The van der Waals surface area contributed by atoms with Crippen LogP contribution in [0.5, 0.6) is 0 Å². The minimum Gasteiger partial charge on any atom is -0.327 e. The molecule has 0 spiro atoms. The summed E-state index contributed by atoms with van der Waals surface area (Å²) in [6.07, 6.45) is 5.58. The van der Waals surface area contributed by atoms with Crippen LogP contribution in [0.15, 0.2) is 0 Å². The topological polar surface area (TPSA) is 26.0 Å². The molecule has 0 rings (SSSR count). The smallest absolute Gasteiger partial charge is 0.0235 e. The van der Waals surface area contributed by atoms with Gasteiger partial charge in [0.2, 0.25) is 0 Å². The molecule has 0 saturated carbocycles. The second-order valence-electron chi connectivity index (χ2n) is 1.39. The van der Waals surface area contributed by atoms with Crippen molar-refractivity contribution in [3.8, 4) is 12.3 Å². The highest BCUT2D eigenvalue weighted by Crippen LogP contribution is 1.77. The van der Waals surface area contributed by atoms with Gasteiger partial charge >= 0.3 is 0 Å². The SMILES string of the molecule is C#CCC(C)N. The number of hydrogen-bond acceptors (Lipinski definition) is 1. The molecule has 34 valence electrons. The van der Waals surface area contributed by atoms with Crippen molar-refractivity contribution in [2.24, 2.45) is 5.73 Å². The van der Waals surface area contributed by atoms with E-state index < -0.39 is 0 Å². The van der Waals surface area contributed by atoms with E-state index in [1.54, 1.807) is 0 Å². The van der Waals surface area contributed by atoms with Gasteiger partial charge in [-0.15, -0.1) is 12.3 Å². The molecular formula is C5H9N. The van der Waals surface area contributed by atoms with Crippen molar-refractivity contribution in [1.29, 1.82) is 0 Å². The molecule has 1 unspecified atom stereocenters. The van der Waals surface area contributed by atoms with E-state index in [-0.39, 0.29) is 6.04 Å². The third kappa shape index (κ3) is 3.52. The fraction of sp³-hybridized carbons (Fsp3) is 0.600. The Morgan fingerprint density at radius 3 is 2.50 bits per heavy atom. The Bertz CT molecular complexity index is 58.8. The highest BCUT2D eigenvalue weighted by atomic mass is 14.6. The standard InChI is InChI=1S/C5H9N/c1-3-4-5(2)6/h1,5H,4,6H2,2H3. The fourth-order valence-corrected chi connectivity index (χ4v) is 0.186. The summed E-state index contributed by atoms with van der Waals surface area (Å²) in [4.78, 5) is 0. The molecular weight excluding hydrogens is 74.1 g/mol. The highest BCUT2D eigenvalue weighted by Gasteiger charge is 1.83. The lowest BCUT2D eigenvalue weighted by atomic mass is 10.3. The Morgan fingerprint density at radius 2 is 2.50 bits per heavy atom. The van der Waals surface area contributed by atoms with Gasteiger partial charge in [-0.2, -0.15) is 0 Å². The predicted octanol–water partition coefficient (Wildman–Crippen LogP) is 0.357. The average molecular weight is 83.1 g/mol. The zero-order chi connectivity index (χ0) is 4.99. The molecule has 0 saturated heterocycles. The molecule has 0 aromatic rings. The molecule has 0 radical (unpaired) electrons. The summed E-state index contributed by atoms with van der Waals surface area (Å²) in [5.74, 6) is 2.44. The van der Waals surface area contributed by atoms with Gasteiger partial charge in [-0.1, -0.05) is 0 Å². The molecule has 0 aromatic carbocycles. The Kier molecular flexibility index (Phi) is 2.52. The largest absolute Gasteiger partial charge is 0.327 e. The van der Waals surface area contributed by atoms with Gasteiger partial charge in [0.05, 0.1) is 0 Å². The predicted molar refractivity (Wildman–Crippen MR) is 27.1 cm³/mol. The molecule has 0 aliphatic heterocycles. The van der Waals surface area contributed by atoms with Crippen molar-refractivity contribution in [2.45, 2.75) is 19.4 Å². The maximum atomic E-state index is 5.26. The zero-order valence-corrected chi connectivity index (χ0v) is 3.94. The first-order valence-electron chi connectivity index (χ1n) is 1.96. The van der Waals surface area contributed by atoms with Crippen LogP contribution in [0.4, 0.5) is 0 Å². The molecule has 0 aliphatic rings. The van der Waals surface area contributed by atoms with Crippen molar-refractivity contribution < 1.29 is 0 Å². The lowest BCUT2D eigenvalue weighted by molar-refractivity contribution is 0.771. The summed E-state index contributed by atoms with van der Waals surface area (Å²) >= 11 is 0. The van der Waals surface area contributed by atoms with E-state index in [1.165, 1.54) is 0 Å². The van der Waals surface area contributed by atoms with Crippen LogP contribution in [-0.4, -0.2) is 6.04 Å². The molecule has 0 fully saturated rings. The molecule has 2 N–H and O–H groups in total. The molecule has 6 heavy (non-hydrogen) atoms. The van der Waals surface area contributed by atoms with E-state index in [4.69, 9.17) is 12.2 Å². The molecule has 0 amide bonds. The summed E-state index contributed by atoms with van der Waals surface area (Å²) in [5.41, 5.74) is 5.26. The van der Waals surface area contributed by atoms with Crippen molar-refractivity contribution in [3.05, 3.63) is 0 Å². The molecule has 1 nitrogen and oxygen atoms in total. The van der Waals surface area contributed by atoms with Gasteiger partial charge in [0.25, 0.3) is 0 Å². The maximum Gasteiger partial charge on any atom is 0.0235 e. The second-order valence-corrected chi connectivity index (χ2v) is 1.39. The van der Waals surface area contributed by atoms with Crippen LogP contribution in [0, 0.1) is 12.3 Å². The average Bonchev–Trinajstić information content (AvgIpc) is 1.35. The van der Waals surface area contributed by atoms with Crippen LogP contribution in [0.25, 0.3) is 0 Å². The van der Waals surface area contributed by atoms with Gasteiger partial charge < -0.3 is 5.73 Å². The monoisotopic (exact) mass is 83.1 g/mol. The quantitative estimate of drug-likeness (QED) is 0.455. The van der Waals surface area contributed by atoms with Gasteiger partial charge in [-0.05, 0) is 6.92 Å². The first-order chi connectivity index (χ1) is 2.77. The van der Waals surface area contributed by atoms with Crippen LogP contribution in [0.3, 0.4) is 0 Å². The van der Waals surface area contributed by atoms with E-state index in [0.29, 0.717) is 6.42 Å². The van der Waals surface area contributed by atoms with Crippen molar-refractivity contribution >= 4 is 0 Å². The molecule has 1 heteroatoms. The minimum atomic E-state index is 0.162. The van der Waals surface area contributed by atoms with Crippen LogP contribution >= 0.6 is 0 Å². The van der Waals surface area contributed by atoms with Gasteiger partial charge in [0.15, 0.2) is 0 Å². The molecule has 0 bridgehead atoms. The van der Waals surface area contributed by atoms with Crippen molar-refractivity contribution in [3.63, 3.8) is 0 Å².